The van der Waals surface area contributed by atoms with Crippen LogP contribution in [0.4, 0.5) is 10.1 Å². The van der Waals surface area contributed by atoms with Crippen molar-refractivity contribution in [2.24, 2.45) is 11.7 Å². The molecule has 100 valence electrons. The molecule has 18 heavy (non-hydrogen) atoms. The molecule has 1 aromatic carbocycles. The Kier molecular flexibility index (Phi) is 3.91. The van der Waals surface area contributed by atoms with Crippen molar-refractivity contribution < 1.29 is 4.39 Å². The summed E-state index contributed by atoms with van der Waals surface area (Å²) in [6.45, 7) is 6.33. The van der Waals surface area contributed by atoms with Crippen molar-refractivity contribution in [1.29, 1.82) is 0 Å². The molecule has 2 rings (SSSR count). The smallest absolute Gasteiger partial charge is 0.123 e. The van der Waals surface area contributed by atoms with Crippen LogP contribution in [0.5, 0.6) is 0 Å². The van der Waals surface area contributed by atoms with Gasteiger partial charge in [-0.3, -0.25) is 0 Å². The van der Waals surface area contributed by atoms with Crippen molar-refractivity contribution >= 4 is 5.69 Å². The minimum absolute atomic E-state index is 0.121. The number of hydrogen-bond acceptors (Lipinski definition) is 2. The predicted molar refractivity (Wildman–Crippen MR) is 74.2 cm³/mol. The van der Waals surface area contributed by atoms with Crippen LogP contribution in [0.25, 0.3) is 0 Å². The minimum Gasteiger partial charge on any atom is -0.366 e. The molecule has 2 N–H and O–H groups in total. The summed E-state index contributed by atoms with van der Waals surface area (Å²) in [7, 11) is 0. The van der Waals surface area contributed by atoms with Gasteiger partial charge in [0.15, 0.2) is 0 Å². The van der Waals surface area contributed by atoms with Gasteiger partial charge in [0, 0.05) is 17.8 Å². The van der Waals surface area contributed by atoms with E-state index in [9.17, 15) is 4.39 Å². The fourth-order valence-corrected chi connectivity index (χ4v) is 3.11. The van der Waals surface area contributed by atoms with Crippen LogP contribution in [0.2, 0.25) is 0 Å². The Hall–Kier alpha value is -1.09. The lowest BCUT2D eigenvalue weighted by Crippen LogP contribution is -2.50. The third-order valence-electron chi connectivity index (χ3n) is 3.99. The molecule has 0 aromatic heterocycles. The van der Waals surface area contributed by atoms with Crippen molar-refractivity contribution in [2.45, 2.75) is 38.6 Å². The molecule has 2 nitrogen and oxygen atoms in total. The van der Waals surface area contributed by atoms with Gasteiger partial charge in [-0.1, -0.05) is 0 Å². The maximum Gasteiger partial charge on any atom is 0.123 e. The first-order chi connectivity index (χ1) is 8.53. The summed E-state index contributed by atoms with van der Waals surface area (Å²) in [6.07, 6.45) is 3.44. The molecule has 0 bridgehead atoms. The van der Waals surface area contributed by atoms with Crippen LogP contribution in [-0.2, 0) is 0 Å². The second-order valence-corrected chi connectivity index (χ2v) is 5.88. The second-order valence-electron chi connectivity index (χ2n) is 5.88. The Bertz CT molecular complexity index is 386. The van der Waals surface area contributed by atoms with Gasteiger partial charge < -0.3 is 10.6 Å². The average molecular weight is 250 g/mol. The van der Waals surface area contributed by atoms with Crippen LogP contribution in [0.1, 0.15) is 33.1 Å². The predicted octanol–water partition coefficient (Wildman–Crippen LogP) is 3.17. The zero-order valence-electron chi connectivity index (χ0n) is 11.3. The molecule has 1 aliphatic rings. The maximum atomic E-state index is 13.0. The quantitative estimate of drug-likeness (QED) is 0.892. The normalized spacial score (nSPS) is 23.1. The summed E-state index contributed by atoms with van der Waals surface area (Å²) in [5.74, 6) is 0.552. The molecule has 1 atom stereocenters. The molecule has 0 spiro atoms. The number of benzene rings is 1. The molecule has 1 unspecified atom stereocenters. The van der Waals surface area contributed by atoms with E-state index in [2.05, 4.69) is 18.7 Å². The second kappa shape index (κ2) is 5.27. The molecule has 1 aliphatic heterocycles. The summed E-state index contributed by atoms with van der Waals surface area (Å²) in [4.78, 5) is 2.39. The van der Waals surface area contributed by atoms with Gasteiger partial charge >= 0.3 is 0 Å². The van der Waals surface area contributed by atoms with Gasteiger partial charge in [0.05, 0.1) is 0 Å². The number of rotatable bonds is 3. The zero-order chi connectivity index (χ0) is 13.2. The van der Waals surface area contributed by atoms with E-state index in [1.54, 1.807) is 0 Å². The molecule has 3 heteroatoms. The van der Waals surface area contributed by atoms with Crippen LogP contribution in [0.15, 0.2) is 24.3 Å². The van der Waals surface area contributed by atoms with Crippen molar-refractivity contribution in [3.05, 3.63) is 30.1 Å². The highest BCUT2D eigenvalue weighted by Crippen LogP contribution is 2.36. The lowest BCUT2D eigenvalue weighted by molar-refractivity contribution is 0.264. The van der Waals surface area contributed by atoms with Crippen molar-refractivity contribution in [3.63, 3.8) is 0 Å². The van der Waals surface area contributed by atoms with Gasteiger partial charge in [0.2, 0.25) is 0 Å². The van der Waals surface area contributed by atoms with Gasteiger partial charge in [-0.25, -0.2) is 4.39 Å². The Labute approximate surface area is 109 Å². The van der Waals surface area contributed by atoms with E-state index < -0.39 is 0 Å². The number of piperidine rings is 1. The fraction of sp³-hybridized carbons (Fsp3) is 0.600. The summed E-state index contributed by atoms with van der Waals surface area (Å²) in [5, 5.41) is 0. The minimum atomic E-state index is -0.172. The van der Waals surface area contributed by atoms with Crippen molar-refractivity contribution in [2.75, 3.05) is 18.0 Å². The van der Waals surface area contributed by atoms with Crippen molar-refractivity contribution in [1.82, 2.24) is 0 Å². The van der Waals surface area contributed by atoms with Gasteiger partial charge in [0.25, 0.3) is 0 Å². The molecule has 0 aliphatic carbocycles. The molecular weight excluding hydrogens is 227 g/mol. The first-order valence-electron chi connectivity index (χ1n) is 6.76. The number of nitrogens with zero attached hydrogens (tertiary/aromatic N) is 1. The van der Waals surface area contributed by atoms with Gasteiger partial charge in [-0.2, -0.15) is 0 Å². The third kappa shape index (κ3) is 2.83. The number of hydrogen-bond donors (Lipinski definition) is 1. The first-order valence-corrected chi connectivity index (χ1v) is 6.76. The van der Waals surface area contributed by atoms with Crippen LogP contribution < -0.4 is 10.6 Å². The molecular formula is C15H23FN2. The lowest BCUT2D eigenvalue weighted by Gasteiger charge is -2.47. The summed E-state index contributed by atoms with van der Waals surface area (Å²) < 4.78 is 13.0. The Morgan fingerprint density at radius 1 is 1.33 bits per heavy atom. The summed E-state index contributed by atoms with van der Waals surface area (Å²) >= 11 is 0. The van der Waals surface area contributed by atoms with Crippen molar-refractivity contribution in [3.8, 4) is 0 Å². The summed E-state index contributed by atoms with van der Waals surface area (Å²) in [6, 6.07) is 6.83. The monoisotopic (exact) mass is 250 g/mol. The van der Waals surface area contributed by atoms with E-state index in [-0.39, 0.29) is 11.4 Å². The molecule has 1 aromatic rings. The van der Waals surface area contributed by atoms with Crippen LogP contribution in [0.3, 0.4) is 0 Å². The highest BCUT2D eigenvalue weighted by atomic mass is 19.1. The third-order valence-corrected chi connectivity index (χ3v) is 3.99. The molecule has 1 fully saturated rings. The standard InChI is InChI=1S/C15H23FN2/c1-15(2)11-12(7-9-17)8-10-18(15)14-5-3-13(16)4-6-14/h3-6,12H,7-11,17H2,1-2H3. The van der Waals surface area contributed by atoms with Crippen LogP contribution in [-0.4, -0.2) is 18.6 Å². The molecule has 0 radical (unpaired) electrons. The highest BCUT2D eigenvalue weighted by Gasteiger charge is 2.34. The fourth-order valence-electron chi connectivity index (χ4n) is 3.11. The van der Waals surface area contributed by atoms with E-state index in [1.165, 1.54) is 18.6 Å². The average Bonchev–Trinajstić information content (AvgIpc) is 2.30. The largest absolute Gasteiger partial charge is 0.366 e. The highest BCUT2D eigenvalue weighted by molar-refractivity contribution is 5.49. The molecule has 0 saturated carbocycles. The first kappa shape index (κ1) is 13.3. The topological polar surface area (TPSA) is 29.3 Å². The Morgan fingerprint density at radius 2 is 2.00 bits per heavy atom. The Balaban J connectivity index is 2.12. The SMILES string of the molecule is CC1(C)CC(CCN)CCN1c1ccc(F)cc1. The maximum absolute atomic E-state index is 13.0. The summed E-state index contributed by atoms with van der Waals surface area (Å²) in [5.41, 5.74) is 6.89. The molecule has 0 amide bonds. The van der Waals surface area contributed by atoms with E-state index in [1.807, 2.05) is 12.1 Å². The zero-order valence-corrected chi connectivity index (χ0v) is 11.3. The van der Waals surface area contributed by atoms with E-state index in [4.69, 9.17) is 5.73 Å². The van der Waals surface area contributed by atoms with Crippen LogP contribution in [0, 0.1) is 11.7 Å². The van der Waals surface area contributed by atoms with Gasteiger partial charge in [-0.05, 0) is 69.8 Å². The number of anilines is 1. The molecule has 1 heterocycles. The molecule has 1 saturated heterocycles. The lowest BCUT2D eigenvalue weighted by atomic mass is 9.80. The van der Waals surface area contributed by atoms with E-state index in [0.29, 0.717) is 0 Å². The van der Waals surface area contributed by atoms with E-state index >= 15 is 0 Å². The van der Waals surface area contributed by atoms with Crippen LogP contribution >= 0.6 is 0 Å². The number of nitrogens with two attached hydrogens (primary N) is 1. The number of halogens is 1. The Morgan fingerprint density at radius 3 is 2.56 bits per heavy atom. The van der Waals surface area contributed by atoms with Gasteiger partial charge in [0.1, 0.15) is 5.82 Å². The van der Waals surface area contributed by atoms with E-state index in [0.717, 1.165) is 37.5 Å². The van der Waals surface area contributed by atoms with Gasteiger partial charge in [-0.15, -0.1) is 0 Å².